The fraction of sp³-hybridized carbons (Fsp3) is 0.478. The van der Waals surface area contributed by atoms with Crippen LogP contribution in [-0.4, -0.2) is 78.9 Å². The predicted octanol–water partition coefficient (Wildman–Crippen LogP) is 2.68. The second kappa shape index (κ2) is 11.5. The smallest absolute Gasteiger partial charge is 0.289 e. The van der Waals surface area contributed by atoms with E-state index in [-0.39, 0.29) is 29.9 Å². The van der Waals surface area contributed by atoms with Crippen molar-refractivity contribution in [2.75, 3.05) is 52.4 Å². The van der Waals surface area contributed by atoms with Crippen LogP contribution in [0.3, 0.4) is 0 Å². The molecule has 7 nitrogen and oxygen atoms in total. The molecule has 2 aromatic rings. The topological polar surface area (TPSA) is 64.3 Å². The van der Waals surface area contributed by atoms with E-state index in [9.17, 15) is 4.79 Å². The number of hydrogen-bond donors (Lipinski definition) is 1. The number of rotatable bonds is 5. The third kappa shape index (κ3) is 6.00. The van der Waals surface area contributed by atoms with Crippen LogP contribution in [0.4, 0.5) is 0 Å². The summed E-state index contributed by atoms with van der Waals surface area (Å²) in [4.78, 5) is 23.9. The molecule has 1 amide bonds. The average molecular weight is 537 g/mol. The van der Waals surface area contributed by atoms with Crippen LogP contribution in [0.15, 0.2) is 52.1 Å². The van der Waals surface area contributed by atoms with E-state index in [4.69, 9.17) is 9.41 Å². The number of fused-ring (bicyclic) bond motifs is 1. The molecule has 1 N–H and O–H groups in total. The average Bonchev–Trinajstić information content (AvgIpc) is 3.33. The first-order valence-corrected chi connectivity index (χ1v) is 10.9. The fourth-order valence-corrected chi connectivity index (χ4v) is 4.15. The number of guanidine groups is 1. The van der Waals surface area contributed by atoms with Crippen LogP contribution in [-0.2, 0) is 13.0 Å². The summed E-state index contributed by atoms with van der Waals surface area (Å²) in [6.07, 6.45) is 2.66. The molecule has 4 rings (SSSR count). The lowest BCUT2D eigenvalue weighted by molar-refractivity contribution is 0.0657. The van der Waals surface area contributed by atoms with Crippen molar-refractivity contribution in [3.8, 4) is 0 Å². The van der Waals surface area contributed by atoms with Crippen molar-refractivity contribution >= 4 is 35.8 Å². The van der Waals surface area contributed by atoms with E-state index in [2.05, 4.69) is 46.3 Å². The molecule has 31 heavy (non-hydrogen) atoms. The zero-order valence-electron chi connectivity index (χ0n) is 18.1. The van der Waals surface area contributed by atoms with E-state index in [0.717, 1.165) is 58.2 Å². The van der Waals surface area contributed by atoms with Crippen molar-refractivity contribution in [1.82, 2.24) is 20.0 Å². The summed E-state index contributed by atoms with van der Waals surface area (Å²) in [5.74, 6) is 1.32. The van der Waals surface area contributed by atoms with E-state index in [1.807, 2.05) is 4.90 Å². The van der Waals surface area contributed by atoms with Gasteiger partial charge >= 0.3 is 0 Å². The van der Waals surface area contributed by atoms with Crippen LogP contribution >= 0.6 is 24.0 Å². The van der Waals surface area contributed by atoms with Crippen molar-refractivity contribution < 1.29 is 9.21 Å². The van der Waals surface area contributed by atoms with Gasteiger partial charge in [-0.3, -0.25) is 14.7 Å². The highest BCUT2D eigenvalue weighted by Crippen LogP contribution is 2.18. The molecule has 1 saturated heterocycles. The van der Waals surface area contributed by atoms with Gasteiger partial charge in [0.05, 0.1) is 12.8 Å². The highest BCUT2D eigenvalue weighted by Gasteiger charge is 2.25. The monoisotopic (exact) mass is 537 g/mol. The largest absolute Gasteiger partial charge is 0.459 e. The number of hydrogen-bond acceptors (Lipinski definition) is 4. The molecule has 1 aromatic carbocycles. The van der Waals surface area contributed by atoms with Gasteiger partial charge in [0.25, 0.3) is 5.91 Å². The number of benzene rings is 1. The molecule has 168 valence electrons. The van der Waals surface area contributed by atoms with Gasteiger partial charge in [0, 0.05) is 52.4 Å². The zero-order valence-corrected chi connectivity index (χ0v) is 20.5. The van der Waals surface area contributed by atoms with Crippen LogP contribution < -0.4 is 5.32 Å². The summed E-state index contributed by atoms with van der Waals surface area (Å²) in [5, 5.41) is 3.41. The van der Waals surface area contributed by atoms with Crippen LogP contribution in [0.1, 0.15) is 28.6 Å². The van der Waals surface area contributed by atoms with Crippen LogP contribution in [0.5, 0.6) is 0 Å². The van der Waals surface area contributed by atoms with Crippen molar-refractivity contribution in [1.29, 1.82) is 0 Å². The fourth-order valence-electron chi connectivity index (χ4n) is 4.15. The Labute approximate surface area is 201 Å². The number of furan rings is 1. The molecule has 0 saturated carbocycles. The summed E-state index contributed by atoms with van der Waals surface area (Å²) in [6.45, 7) is 9.66. The summed E-state index contributed by atoms with van der Waals surface area (Å²) >= 11 is 0. The predicted molar refractivity (Wildman–Crippen MR) is 133 cm³/mol. The second-order valence-electron chi connectivity index (χ2n) is 7.79. The first-order chi connectivity index (χ1) is 14.7. The quantitative estimate of drug-likeness (QED) is 0.361. The lowest BCUT2D eigenvalue weighted by Gasteiger charge is -2.36. The highest BCUT2D eigenvalue weighted by atomic mass is 127. The summed E-state index contributed by atoms with van der Waals surface area (Å²) in [5.41, 5.74) is 2.92. The first kappa shape index (κ1) is 23.6. The third-order valence-electron chi connectivity index (χ3n) is 5.82. The molecule has 0 atom stereocenters. The molecule has 2 aliphatic rings. The molecule has 1 aromatic heterocycles. The molecule has 0 unspecified atom stereocenters. The second-order valence-corrected chi connectivity index (χ2v) is 7.79. The number of carbonyl (C=O) groups is 1. The minimum absolute atomic E-state index is 0. The summed E-state index contributed by atoms with van der Waals surface area (Å²) < 4.78 is 5.25. The van der Waals surface area contributed by atoms with Gasteiger partial charge in [0.15, 0.2) is 11.7 Å². The normalized spacial score (nSPS) is 17.1. The Kier molecular flexibility index (Phi) is 8.77. The molecule has 0 spiro atoms. The Balaban J connectivity index is 0.00000272. The molecule has 3 heterocycles. The molecular formula is C23H32IN5O2. The van der Waals surface area contributed by atoms with E-state index in [1.54, 1.807) is 18.4 Å². The van der Waals surface area contributed by atoms with E-state index < -0.39 is 0 Å². The van der Waals surface area contributed by atoms with Gasteiger partial charge in [-0.1, -0.05) is 24.3 Å². The number of nitrogens with one attached hydrogen (secondary N) is 1. The van der Waals surface area contributed by atoms with Gasteiger partial charge < -0.3 is 19.5 Å². The zero-order chi connectivity index (χ0) is 20.8. The minimum Gasteiger partial charge on any atom is -0.459 e. The maximum atomic E-state index is 12.5. The maximum absolute atomic E-state index is 12.5. The van der Waals surface area contributed by atoms with Gasteiger partial charge in [0.2, 0.25) is 0 Å². The molecule has 0 bridgehead atoms. The minimum atomic E-state index is -0.0352. The SMILES string of the molecule is CCNC(=NCCN1CCc2ccccc2C1)N1CCN(C(=O)c2ccco2)CC1.I. The number of piperazine rings is 1. The van der Waals surface area contributed by atoms with Crippen molar-refractivity contribution in [3.63, 3.8) is 0 Å². The highest BCUT2D eigenvalue weighted by molar-refractivity contribution is 14.0. The Morgan fingerprint density at radius 3 is 2.48 bits per heavy atom. The number of halogens is 1. The summed E-state index contributed by atoms with van der Waals surface area (Å²) in [6, 6.07) is 12.2. The van der Waals surface area contributed by atoms with Crippen molar-refractivity contribution in [2.45, 2.75) is 19.9 Å². The van der Waals surface area contributed by atoms with Crippen molar-refractivity contribution in [3.05, 3.63) is 59.5 Å². The van der Waals surface area contributed by atoms with E-state index in [1.165, 1.54) is 11.1 Å². The number of amides is 1. The molecule has 2 aliphatic heterocycles. The Morgan fingerprint density at radius 1 is 1.03 bits per heavy atom. The molecule has 8 heteroatoms. The lowest BCUT2D eigenvalue weighted by atomic mass is 10.00. The standard InChI is InChI=1S/C23H31N5O2.HI/c1-2-24-23(25-10-12-26-11-9-19-6-3-4-7-20(19)18-26)28-15-13-27(14-16-28)22(29)21-8-5-17-30-21;/h3-8,17H,2,9-16,18H2,1H3,(H,24,25);1H. The van der Waals surface area contributed by atoms with Gasteiger partial charge in [-0.05, 0) is 36.6 Å². The van der Waals surface area contributed by atoms with E-state index >= 15 is 0 Å². The van der Waals surface area contributed by atoms with Gasteiger partial charge in [-0.2, -0.15) is 0 Å². The number of aliphatic imine (C=N–C) groups is 1. The van der Waals surface area contributed by atoms with E-state index in [0.29, 0.717) is 18.8 Å². The van der Waals surface area contributed by atoms with Gasteiger partial charge in [-0.25, -0.2) is 0 Å². The first-order valence-electron chi connectivity index (χ1n) is 10.9. The van der Waals surface area contributed by atoms with Gasteiger partial charge in [-0.15, -0.1) is 24.0 Å². The lowest BCUT2D eigenvalue weighted by Crippen LogP contribution is -2.53. The van der Waals surface area contributed by atoms with Crippen LogP contribution in [0, 0.1) is 0 Å². The Hall–Kier alpha value is -2.07. The molecule has 0 radical (unpaired) electrons. The number of nitrogens with zero attached hydrogens (tertiary/aromatic N) is 4. The summed E-state index contributed by atoms with van der Waals surface area (Å²) in [7, 11) is 0. The van der Waals surface area contributed by atoms with Crippen LogP contribution in [0.25, 0.3) is 0 Å². The van der Waals surface area contributed by atoms with Gasteiger partial charge in [0.1, 0.15) is 0 Å². The molecule has 0 aliphatic carbocycles. The Bertz CT molecular complexity index is 863. The number of carbonyl (C=O) groups excluding carboxylic acids is 1. The maximum Gasteiger partial charge on any atom is 0.289 e. The van der Waals surface area contributed by atoms with Crippen molar-refractivity contribution in [2.24, 2.45) is 4.99 Å². The third-order valence-corrected chi connectivity index (χ3v) is 5.82. The Morgan fingerprint density at radius 2 is 1.77 bits per heavy atom. The molecular weight excluding hydrogens is 505 g/mol. The molecule has 1 fully saturated rings. The van der Waals surface area contributed by atoms with Crippen LogP contribution in [0.2, 0.25) is 0 Å².